The molecule has 1 aromatic carbocycles. The maximum Gasteiger partial charge on any atom is 0.266 e. The van der Waals surface area contributed by atoms with Crippen molar-refractivity contribution in [2.75, 3.05) is 31.1 Å². The molecule has 0 spiro atoms. The third-order valence-electron chi connectivity index (χ3n) is 5.09. The molecule has 2 fully saturated rings. The molecule has 0 bridgehead atoms. The van der Waals surface area contributed by atoms with Crippen molar-refractivity contribution in [3.63, 3.8) is 0 Å². The summed E-state index contributed by atoms with van der Waals surface area (Å²) in [5.41, 5.74) is 0.980. The normalized spacial score (nSPS) is 20.8. The third kappa shape index (κ3) is 3.24. The summed E-state index contributed by atoms with van der Waals surface area (Å²) in [4.78, 5) is 9.54. The van der Waals surface area contributed by atoms with Gasteiger partial charge in [-0.2, -0.15) is 4.98 Å². The molecule has 1 aromatic heterocycles. The van der Waals surface area contributed by atoms with Crippen LogP contribution in [0.5, 0.6) is 0 Å². The topological polar surface area (TPSA) is 45.4 Å². The lowest BCUT2D eigenvalue weighted by Crippen LogP contribution is -2.37. The monoisotopic (exact) mass is 312 g/mol. The number of rotatable bonds is 3. The van der Waals surface area contributed by atoms with Crippen LogP contribution in [0.3, 0.4) is 0 Å². The van der Waals surface area contributed by atoms with E-state index in [-0.39, 0.29) is 0 Å². The quantitative estimate of drug-likeness (QED) is 0.871. The number of aromatic nitrogens is 2. The molecule has 1 saturated heterocycles. The van der Waals surface area contributed by atoms with Crippen LogP contribution in [0.25, 0.3) is 11.5 Å². The lowest BCUT2D eigenvalue weighted by atomic mass is 10.2. The fourth-order valence-corrected chi connectivity index (χ4v) is 3.81. The van der Waals surface area contributed by atoms with Gasteiger partial charge in [0.05, 0.1) is 0 Å². The molecule has 2 heterocycles. The Morgan fingerprint density at radius 1 is 0.913 bits per heavy atom. The van der Waals surface area contributed by atoms with Gasteiger partial charge in [-0.05, 0) is 36.6 Å². The fraction of sp³-hybridized carbons (Fsp3) is 0.556. The van der Waals surface area contributed by atoms with Crippen LogP contribution in [0.2, 0.25) is 0 Å². The molecule has 5 heteroatoms. The van der Waals surface area contributed by atoms with Crippen molar-refractivity contribution in [2.24, 2.45) is 0 Å². The summed E-state index contributed by atoms with van der Waals surface area (Å²) in [6.45, 7) is 4.31. The second-order valence-corrected chi connectivity index (χ2v) is 6.58. The molecule has 0 amide bonds. The van der Waals surface area contributed by atoms with Crippen molar-refractivity contribution in [1.82, 2.24) is 15.0 Å². The predicted octanol–water partition coefficient (Wildman–Crippen LogP) is 3.19. The molecule has 2 aromatic rings. The van der Waals surface area contributed by atoms with Crippen LogP contribution in [0, 0.1) is 0 Å². The van der Waals surface area contributed by atoms with Crippen molar-refractivity contribution >= 4 is 5.95 Å². The van der Waals surface area contributed by atoms with Gasteiger partial charge in [-0.1, -0.05) is 31.0 Å². The summed E-state index contributed by atoms with van der Waals surface area (Å²) in [6, 6.07) is 10.8. The Morgan fingerprint density at radius 3 is 2.57 bits per heavy atom. The molecule has 0 atom stereocenters. The summed E-state index contributed by atoms with van der Waals surface area (Å²) >= 11 is 0. The SMILES string of the molecule is c1ccc(-c2nc(N3CCCN(C4CCCC4)CC3)no2)cc1. The van der Waals surface area contributed by atoms with E-state index in [1.54, 1.807) is 0 Å². The van der Waals surface area contributed by atoms with Gasteiger partial charge in [-0.3, -0.25) is 4.90 Å². The second kappa shape index (κ2) is 6.71. The zero-order valence-electron chi connectivity index (χ0n) is 13.5. The Bertz CT molecular complexity index is 621. The van der Waals surface area contributed by atoms with Gasteiger partial charge in [0.2, 0.25) is 0 Å². The van der Waals surface area contributed by atoms with Crippen LogP contribution in [0.4, 0.5) is 5.95 Å². The van der Waals surface area contributed by atoms with Crippen LogP contribution < -0.4 is 4.90 Å². The van der Waals surface area contributed by atoms with Crippen LogP contribution in [-0.2, 0) is 0 Å². The number of hydrogen-bond acceptors (Lipinski definition) is 5. The van der Waals surface area contributed by atoms with Gasteiger partial charge < -0.3 is 9.42 Å². The molecular formula is C18H24N4O. The van der Waals surface area contributed by atoms with Crippen LogP contribution >= 0.6 is 0 Å². The number of anilines is 1. The summed E-state index contributed by atoms with van der Waals surface area (Å²) in [6.07, 6.45) is 6.72. The van der Waals surface area contributed by atoms with Crippen molar-refractivity contribution in [3.05, 3.63) is 30.3 Å². The summed E-state index contributed by atoms with van der Waals surface area (Å²) in [5.74, 6) is 1.34. The summed E-state index contributed by atoms with van der Waals surface area (Å²) < 4.78 is 5.45. The fourth-order valence-electron chi connectivity index (χ4n) is 3.81. The van der Waals surface area contributed by atoms with Crippen molar-refractivity contribution < 1.29 is 4.52 Å². The molecule has 5 nitrogen and oxygen atoms in total. The molecule has 1 saturated carbocycles. The zero-order valence-corrected chi connectivity index (χ0v) is 13.5. The lowest BCUT2D eigenvalue weighted by Gasteiger charge is -2.27. The first-order valence-electron chi connectivity index (χ1n) is 8.78. The van der Waals surface area contributed by atoms with Gasteiger partial charge >= 0.3 is 0 Å². The second-order valence-electron chi connectivity index (χ2n) is 6.58. The Balaban J connectivity index is 1.43. The predicted molar refractivity (Wildman–Crippen MR) is 90.4 cm³/mol. The smallest absolute Gasteiger partial charge is 0.266 e. The highest BCUT2D eigenvalue weighted by Crippen LogP contribution is 2.25. The molecule has 0 radical (unpaired) electrons. The summed E-state index contributed by atoms with van der Waals surface area (Å²) in [7, 11) is 0. The number of nitrogens with zero attached hydrogens (tertiary/aromatic N) is 4. The van der Waals surface area contributed by atoms with Crippen LogP contribution in [0.1, 0.15) is 32.1 Å². The minimum atomic E-state index is 0.609. The van der Waals surface area contributed by atoms with E-state index < -0.39 is 0 Å². The average Bonchev–Trinajstić information content (AvgIpc) is 3.24. The minimum absolute atomic E-state index is 0.609. The Morgan fingerprint density at radius 2 is 1.74 bits per heavy atom. The van der Waals surface area contributed by atoms with Gasteiger partial charge in [0.15, 0.2) is 0 Å². The van der Waals surface area contributed by atoms with Crippen molar-refractivity contribution in [3.8, 4) is 11.5 Å². The number of hydrogen-bond donors (Lipinski definition) is 0. The zero-order chi connectivity index (χ0) is 15.5. The Kier molecular flexibility index (Phi) is 4.28. The van der Waals surface area contributed by atoms with Crippen LogP contribution in [0.15, 0.2) is 34.9 Å². The third-order valence-corrected chi connectivity index (χ3v) is 5.09. The van der Waals surface area contributed by atoms with E-state index in [2.05, 4.69) is 19.9 Å². The van der Waals surface area contributed by atoms with E-state index in [0.717, 1.165) is 37.2 Å². The highest BCUT2D eigenvalue weighted by Gasteiger charge is 2.26. The highest BCUT2D eigenvalue weighted by atomic mass is 16.5. The van der Waals surface area contributed by atoms with E-state index in [0.29, 0.717) is 5.89 Å². The van der Waals surface area contributed by atoms with E-state index >= 15 is 0 Å². The van der Waals surface area contributed by atoms with E-state index in [4.69, 9.17) is 4.52 Å². The first-order valence-corrected chi connectivity index (χ1v) is 8.78. The molecule has 1 aliphatic carbocycles. The molecule has 23 heavy (non-hydrogen) atoms. The van der Waals surface area contributed by atoms with Gasteiger partial charge in [-0.15, -0.1) is 0 Å². The van der Waals surface area contributed by atoms with Crippen LogP contribution in [-0.4, -0.2) is 47.3 Å². The van der Waals surface area contributed by atoms with Crippen molar-refractivity contribution in [1.29, 1.82) is 0 Å². The van der Waals surface area contributed by atoms with Gasteiger partial charge in [0.1, 0.15) is 0 Å². The largest absolute Gasteiger partial charge is 0.337 e. The molecule has 0 unspecified atom stereocenters. The molecule has 1 aliphatic heterocycles. The van der Waals surface area contributed by atoms with Gasteiger partial charge in [-0.25, -0.2) is 0 Å². The Labute approximate surface area is 137 Å². The molecule has 4 rings (SSSR count). The molecule has 2 aliphatic rings. The van der Waals surface area contributed by atoms with Gasteiger partial charge in [0.25, 0.3) is 11.8 Å². The molecule has 122 valence electrons. The lowest BCUT2D eigenvalue weighted by molar-refractivity contribution is 0.213. The van der Waals surface area contributed by atoms with E-state index in [9.17, 15) is 0 Å². The van der Waals surface area contributed by atoms with E-state index in [1.165, 1.54) is 38.6 Å². The highest BCUT2D eigenvalue weighted by molar-refractivity contribution is 5.54. The first-order chi connectivity index (χ1) is 11.4. The Hall–Kier alpha value is -1.88. The maximum absolute atomic E-state index is 5.45. The average molecular weight is 312 g/mol. The molecular weight excluding hydrogens is 288 g/mol. The summed E-state index contributed by atoms with van der Waals surface area (Å²) in [5, 5.41) is 4.20. The first kappa shape index (κ1) is 14.7. The number of benzene rings is 1. The standard InChI is InChI=1S/C18H24N4O/c1-2-7-15(8-3-1)17-19-18(20-23-17)22-12-6-11-21(13-14-22)16-9-4-5-10-16/h1-3,7-8,16H,4-6,9-14H2. The van der Waals surface area contributed by atoms with Crippen molar-refractivity contribution in [2.45, 2.75) is 38.1 Å². The maximum atomic E-state index is 5.45. The molecule has 0 N–H and O–H groups in total. The van der Waals surface area contributed by atoms with E-state index in [1.807, 2.05) is 30.3 Å². The van der Waals surface area contributed by atoms with Gasteiger partial charge in [0, 0.05) is 37.8 Å². The minimum Gasteiger partial charge on any atom is -0.337 e.